The van der Waals surface area contributed by atoms with Gasteiger partial charge in [0.2, 0.25) is 0 Å². The maximum absolute atomic E-state index is 5.97. The highest BCUT2D eigenvalue weighted by atomic mass is 16.7. The number of rotatable bonds is 12. The highest BCUT2D eigenvalue weighted by molar-refractivity contribution is 5.45. The zero-order valence-electron chi connectivity index (χ0n) is 20.3. The number of allylic oxidation sites excluding steroid dienone is 2. The van der Waals surface area contributed by atoms with E-state index in [0.717, 1.165) is 35.7 Å². The lowest BCUT2D eigenvalue weighted by Crippen LogP contribution is -2.06. The first-order valence-electron chi connectivity index (χ1n) is 11.2. The molecule has 0 saturated heterocycles. The maximum Gasteiger partial charge on any atom is 0.183 e. The van der Waals surface area contributed by atoms with E-state index in [9.17, 15) is 0 Å². The second-order valence-electron chi connectivity index (χ2n) is 7.33. The number of benzene rings is 1. The molecule has 31 heavy (non-hydrogen) atoms. The van der Waals surface area contributed by atoms with Gasteiger partial charge < -0.3 is 14.2 Å². The Hall–Kier alpha value is -2.37. The van der Waals surface area contributed by atoms with Gasteiger partial charge in [0.25, 0.3) is 0 Å². The van der Waals surface area contributed by atoms with Gasteiger partial charge in [-0.2, -0.15) is 5.10 Å². The first-order chi connectivity index (χ1) is 15.0. The minimum absolute atomic E-state index is 0.365. The molecule has 0 aliphatic heterocycles. The Bertz CT molecular complexity index is 774. The SMILES string of the molecule is C=CCC(/C=C/c1cc(COc2ccc(C(OC)OC)cc2)n(CC)n1)C(C)C.CC. The van der Waals surface area contributed by atoms with Crippen LogP contribution in [-0.4, -0.2) is 24.0 Å². The quantitative estimate of drug-likeness (QED) is 0.280. The third-order valence-electron chi connectivity index (χ3n) is 4.96. The van der Waals surface area contributed by atoms with Crippen molar-refractivity contribution in [2.45, 2.75) is 60.5 Å². The molecular formula is C26H40N2O3. The number of aryl methyl sites for hydroxylation is 1. The van der Waals surface area contributed by atoms with E-state index in [4.69, 9.17) is 14.2 Å². The molecule has 0 aliphatic carbocycles. The minimum Gasteiger partial charge on any atom is -0.487 e. The number of hydrogen-bond donors (Lipinski definition) is 0. The van der Waals surface area contributed by atoms with Crippen molar-refractivity contribution in [3.8, 4) is 5.75 Å². The predicted octanol–water partition coefficient (Wildman–Crippen LogP) is 6.66. The van der Waals surface area contributed by atoms with Crippen molar-refractivity contribution in [1.29, 1.82) is 0 Å². The second-order valence-corrected chi connectivity index (χ2v) is 7.33. The largest absolute Gasteiger partial charge is 0.487 e. The lowest BCUT2D eigenvalue weighted by Gasteiger charge is -2.14. The van der Waals surface area contributed by atoms with Gasteiger partial charge in [-0.3, -0.25) is 4.68 Å². The highest BCUT2D eigenvalue weighted by Gasteiger charge is 2.11. The van der Waals surface area contributed by atoms with E-state index < -0.39 is 0 Å². The summed E-state index contributed by atoms with van der Waals surface area (Å²) in [6.45, 7) is 15.7. The average Bonchev–Trinajstić information content (AvgIpc) is 3.20. The van der Waals surface area contributed by atoms with E-state index in [1.165, 1.54) is 0 Å². The first-order valence-corrected chi connectivity index (χ1v) is 11.2. The lowest BCUT2D eigenvalue weighted by atomic mass is 9.92. The van der Waals surface area contributed by atoms with Gasteiger partial charge in [-0.15, -0.1) is 6.58 Å². The molecule has 5 nitrogen and oxygen atoms in total. The number of methoxy groups -OCH3 is 2. The van der Waals surface area contributed by atoms with Gasteiger partial charge in [-0.05, 0) is 49.5 Å². The Morgan fingerprint density at radius 2 is 1.74 bits per heavy atom. The molecule has 1 aromatic carbocycles. The standard InChI is InChI=1S/C24H34N2O3.C2H6/c1-7-9-19(18(3)4)10-13-21-16-22(26(8-2)25-21)17-29-23-14-11-20(12-15-23)24(27-5)28-6;1-2/h7,10-16,18-19,24H,1,8-9,17H2,2-6H3;1-2H3/b13-10+;. The molecular weight excluding hydrogens is 388 g/mol. The summed E-state index contributed by atoms with van der Waals surface area (Å²) in [6, 6.07) is 9.84. The Morgan fingerprint density at radius 3 is 2.26 bits per heavy atom. The van der Waals surface area contributed by atoms with Crippen LogP contribution >= 0.6 is 0 Å². The lowest BCUT2D eigenvalue weighted by molar-refractivity contribution is -0.106. The van der Waals surface area contributed by atoms with Crippen molar-refractivity contribution < 1.29 is 14.2 Å². The fraction of sp³-hybridized carbons (Fsp3) is 0.500. The van der Waals surface area contributed by atoms with Crippen LogP contribution in [0.1, 0.15) is 64.3 Å². The monoisotopic (exact) mass is 428 g/mol. The van der Waals surface area contributed by atoms with Crippen LogP contribution in [0.4, 0.5) is 0 Å². The normalized spacial score (nSPS) is 12.2. The molecule has 0 N–H and O–H groups in total. The zero-order chi connectivity index (χ0) is 23.2. The van der Waals surface area contributed by atoms with Gasteiger partial charge in [0, 0.05) is 26.3 Å². The van der Waals surface area contributed by atoms with Crippen molar-refractivity contribution in [1.82, 2.24) is 9.78 Å². The molecule has 0 aliphatic rings. The number of nitrogens with zero attached hydrogens (tertiary/aromatic N) is 2. The van der Waals surface area contributed by atoms with Crippen molar-refractivity contribution >= 4 is 6.08 Å². The van der Waals surface area contributed by atoms with Crippen LogP contribution in [0.5, 0.6) is 5.75 Å². The summed E-state index contributed by atoms with van der Waals surface area (Å²) in [7, 11) is 3.24. The summed E-state index contributed by atoms with van der Waals surface area (Å²) >= 11 is 0. The number of aromatic nitrogens is 2. The Balaban J connectivity index is 0.00000233. The summed E-state index contributed by atoms with van der Waals surface area (Å²) in [6.07, 6.45) is 6.93. The molecule has 0 radical (unpaired) electrons. The van der Waals surface area contributed by atoms with Crippen LogP contribution in [0.15, 0.2) is 49.1 Å². The topological polar surface area (TPSA) is 45.5 Å². The maximum atomic E-state index is 5.97. The van der Waals surface area contributed by atoms with E-state index in [1.807, 2.05) is 48.9 Å². The molecule has 0 fully saturated rings. The molecule has 1 atom stereocenters. The Labute approximate surface area is 188 Å². The highest BCUT2D eigenvalue weighted by Crippen LogP contribution is 2.22. The Morgan fingerprint density at radius 1 is 1.10 bits per heavy atom. The second kappa shape index (κ2) is 14.6. The zero-order valence-corrected chi connectivity index (χ0v) is 20.3. The van der Waals surface area contributed by atoms with Gasteiger partial charge in [0.15, 0.2) is 6.29 Å². The third kappa shape index (κ3) is 8.35. The van der Waals surface area contributed by atoms with Gasteiger partial charge in [0.1, 0.15) is 12.4 Å². The van der Waals surface area contributed by atoms with E-state index in [2.05, 4.69) is 50.7 Å². The molecule has 0 bridgehead atoms. The van der Waals surface area contributed by atoms with Crippen LogP contribution < -0.4 is 4.74 Å². The van der Waals surface area contributed by atoms with E-state index in [-0.39, 0.29) is 6.29 Å². The summed E-state index contributed by atoms with van der Waals surface area (Å²) < 4.78 is 18.5. The minimum atomic E-state index is -0.365. The van der Waals surface area contributed by atoms with Crippen molar-refractivity contribution in [2.24, 2.45) is 11.8 Å². The van der Waals surface area contributed by atoms with Crippen molar-refractivity contribution in [3.63, 3.8) is 0 Å². The van der Waals surface area contributed by atoms with Gasteiger partial charge in [-0.25, -0.2) is 0 Å². The van der Waals surface area contributed by atoms with E-state index >= 15 is 0 Å². The summed E-state index contributed by atoms with van der Waals surface area (Å²) in [5.74, 6) is 1.84. The molecule has 5 heteroatoms. The summed E-state index contributed by atoms with van der Waals surface area (Å²) in [5, 5.41) is 4.68. The van der Waals surface area contributed by atoms with Crippen LogP contribution in [0, 0.1) is 11.8 Å². The van der Waals surface area contributed by atoms with Crippen LogP contribution in [-0.2, 0) is 22.6 Å². The van der Waals surface area contributed by atoms with Crippen molar-refractivity contribution in [2.75, 3.05) is 14.2 Å². The van der Waals surface area contributed by atoms with Gasteiger partial charge in [-0.1, -0.05) is 52.0 Å². The van der Waals surface area contributed by atoms with Crippen LogP contribution in [0.25, 0.3) is 6.08 Å². The first kappa shape index (κ1) is 26.7. The molecule has 1 aromatic heterocycles. The molecule has 0 saturated carbocycles. The smallest absolute Gasteiger partial charge is 0.183 e. The van der Waals surface area contributed by atoms with Crippen molar-refractivity contribution in [3.05, 3.63) is 66.0 Å². The predicted molar refractivity (Wildman–Crippen MR) is 129 cm³/mol. The Kier molecular flexibility index (Phi) is 12.6. The molecule has 172 valence electrons. The molecule has 1 heterocycles. The molecule has 0 spiro atoms. The van der Waals surface area contributed by atoms with Gasteiger partial charge in [0.05, 0.1) is 11.4 Å². The number of ether oxygens (including phenoxy) is 3. The third-order valence-corrected chi connectivity index (χ3v) is 4.96. The fourth-order valence-corrected chi connectivity index (χ4v) is 3.18. The molecule has 1 unspecified atom stereocenters. The number of hydrogen-bond acceptors (Lipinski definition) is 4. The van der Waals surface area contributed by atoms with E-state index in [0.29, 0.717) is 18.4 Å². The fourth-order valence-electron chi connectivity index (χ4n) is 3.18. The molecule has 2 aromatic rings. The van der Waals surface area contributed by atoms with E-state index in [1.54, 1.807) is 14.2 Å². The average molecular weight is 429 g/mol. The summed E-state index contributed by atoms with van der Waals surface area (Å²) in [4.78, 5) is 0. The molecule has 0 amide bonds. The molecule has 2 rings (SSSR count). The summed E-state index contributed by atoms with van der Waals surface area (Å²) in [5.41, 5.74) is 2.96. The van der Waals surface area contributed by atoms with Crippen LogP contribution in [0.3, 0.4) is 0 Å². The van der Waals surface area contributed by atoms with Gasteiger partial charge >= 0.3 is 0 Å². The van der Waals surface area contributed by atoms with Crippen LogP contribution in [0.2, 0.25) is 0 Å².